The highest BCUT2D eigenvalue weighted by molar-refractivity contribution is 6.04. The summed E-state index contributed by atoms with van der Waals surface area (Å²) in [5.74, 6) is -4.98. The summed E-state index contributed by atoms with van der Waals surface area (Å²) in [5, 5.41) is 68.9. The molecular weight excluding hydrogens is 472 g/mol. The number of hydrogen-bond donors (Lipinski definition) is 7. The largest absolute Gasteiger partial charge is 0.504 e. The van der Waals surface area contributed by atoms with Crippen molar-refractivity contribution in [3.8, 4) is 45.6 Å². The SMILES string of the molecule is O=C(OC(Cc1ccc(O)c(O)c1)C(=O)O)c1cc(-c2ccc(O)c(O)c2)c2cc(O)c(O)cc2c1. The van der Waals surface area contributed by atoms with Gasteiger partial charge in [0.05, 0.1) is 5.56 Å². The van der Waals surface area contributed by atoms with E-state index >= 15 is 0 Å². The molecular formula is C26H20O10. The molecule has 0 spiro atoms. The molecule has 0 aliphatic rings. The molecule has 4 aromatic rings. The van der Waals surface area contributed by atoms with Crippen molar-refractivity contribution in [3.05, 3.63) is 71.8 Å². The minimum absolute atomic E-state index is 0.0880. The van der Waals surface area contributed by atoms with Gasteiger partial charge >= 0.3 is 11.9 Å². The van der Waals surface area contributed by atoms with Gasteiger partial charge in [-0.05, 0) is 76.0 Å². The van der Waals surface area contributed by atoms with E-state index < -0.39 is 41.0 Å². The first-order valence-electron chi connectivity index (χ1n) is 10.5. The lowest BCUT2D eigenvalue weighted by atomic mass is 9.94. The van der Waals surface area contributed by atoms with Crippen LogP contribution in [-0.4, -0.2) is 53.8 Å². The van der Waals surface area contributed by atoms with E-state index in [1.54, 1.807) is 0 Å². The van der Waals surface area contributed by atoms with Crippen LogP contribution in [0.2, 0.25) is 0 Å². The predicted octanol–water partition coefficient (Wildman–Crippen LogP) is 3.59. The Bertz CT molecular complexity index is 1510. The zero-order valence-electron chi connectivity index (χ0n) is 18.4. The van der Waals surface area contributed by atoms with E-state index in [2.05, 4.69) is 0 Å². The summed E-state index contributed by atoms with van der Waals surface area (Å²) in [7, 11) is 0. The molecule has 4 aromatic carbocycles. The number of ether oxygens (including phenoxy) is 1. The Balaban J connectivity index is 1.75. The van der Waals surface area contributed by atoms with Crippen molar-refractivity contribution >= 4 is 22.7 Å². The third kappa shape index (κ3) is 4.73. The molecule has 10 heteroatoms. The molecule has 0 saturated carbocycles. The van der Waals surface area contributed by atoms with E-state index in [0.717, 1.165) is 6.07 Å². The maximum absolute atomic E-state index is 13.0. The van der Waals surface area contributed by atoms with Crippen molar-refractivity contribution in [1.29, 1.82) is 0 Å². The first-order valence-corrected chi connectivity index (χ1v) is 10.5. The molecule has 0 saturated heterocycles. The Hall–Kier alpha value is -5.12. The zero-order chi connectivity index (χ0) is 26.1. The Morgan fingerprint density at radius 1 is 0.694 bits per heavy atom. The van der Waals surface area contributed by atoms with E-state index in [1.807, 2.05) is 0 Å². The van der Waals surface area contributed by atoms with E-state index in [0.29, 0.717) is 27.5 Å². The summed E-state index contributed by atoms with van der Waals surface area (Å²) in [6, 6.07) is 12.8. The lowest BCUT2D eigenvalue weighted by Crippen LogP contribution is -2.29. The van der Waals surface area contributed by atoms with Crippen LogP contribution in [0.25, 0.3) is 21.9 Å². The Labute approximate surface area is 203 Å². The number of phenols is 6. The van der Waals surface area contributed by atoms with Gasteiger partial charge in [-0.15, -0.1) is 0 Å². The third-order valence-electron chi connectivity index (χ3n) is 5.56. The van der Waals surface area contributed by atoms with E-state index in [4.69, 9.17) is 4.74 Å². The van der Waals surface area contributed by atoms with Gasteiger partial charge in [0.1, 0.15) is 0 Å². The molecule has 0 bridgehead atoms. The smallest absolute Gasteiger partial charge is 0.345 e. The fourth-order valence-electron chi connectivity index (χ4n) is 3.72. The number of carbonyl (C=O) groups is 2. The van der Waals surface area contributed by atoms with Crippen molar-refractivity contribution in [2.24, 2.45) is 0 Å². The lowest BCUT2D eigenvalue weighted by Gasteiger charge is -2.16. The lowest BCUT2D eigenvalue weighted by molar-refractivity contribution is -0.147. The molecule has 10 nitrogen and oxygen atoms in total. The second-order valence-corrected chi connectivity index (χ2v) is 8.05. The Morgan fingerprint density at radius 3 is 1.94 bits per heavy atom. The van der Waals surface area contributed by atoms with Crippen LogP contribution in [0.5, 0.6) is 34.5 Å². The molecule has 0 aliphatic heterocycles. The average Bonchev–Trinajstić information content (AvgIpc) is 2.82. The normalized spacial score (nSPS) is 11.8. The van der Waals surface area contributed by atoms with Gasteiger partial charge in [0, 0.05) is 6.42 Å². The highest BCUT2D eigenvalue weighted by Gasteiger charge is 2.25. The van der Waals surface area contributed by atoms with Gasteiger partial charge in [0.15, 0.2) is 34.5 Å². The molecule has 184 valence electrons. The number of benzene rings is 4. The molecule has 0 radical (unpaired) electrons. The summed E-state index contributed by atoms with van der Waals surface area (Å²) in [5.41, 5.74) is 0.879. The second kappa shape index (κ2) is 9.26. The van der Waals surface area contributed by atoms with Crippen molar-refractivity contribution < 1.29 is 50.1 Å². The van der Waals surface area contributed by atoms with E-state index in [9.17, 15) is 45.3 Å². The molecule has 7 N–H and O–H groups in total. The van der Waals surface area contributed by atoms with Gasteiger partial charge in [-0.25, -0.2) is 9.59 Å². The number of aromatic hydroxyl groups is 6. The van der Waals surface area contributed by atoms with Crippen LogP contribution in [-0.2, 0) is 16.0 Å². The van der Waals surface area contributed by atoms with Gasteiger partial charge in [0.25, 0.3) is 0 Å². The van der Waals surface area contributed by atoms with Crippen LogP contribution in [0.3, 0.4) is 0 Å². The number of carbonyl (C=O) groups excluding carboxylic acids is 1. The second-order valence-electron chi connectivity index (χ2n) is 8.05. The van der Waals surface area contributed by atoms with Gasteiger partial charge in [-0.2, -0.15) is 0 Å². The third-order valence-corrected chi connectivity index (χ3v) is 5.56. The number of phenolic OH excluding ortho intramolecular Hbond substituents is 6. The molecule has 0 aliphatic carbocycles. The summed E-state index contributed by atoms with van der Waals surface area (Å²) < 4.78 is 5.22. The zero-order valence-corrected chi connectivity index (χ0v) is 18.4. The van der Waals surface area contributed by atoms with Crippen LogP contribution in [0.4, 0.5) is 0 Å². The molecule has 0 heterocycles. The van der Waals surface area contributed by atoms with Gasteiger partial charge in [0.2, 0.25) is 6.10 Å². The number of carboxylic acid groups (broad SMARTS) is 1. The summed E-state index contributed by atoms with van der Waals surface area (Å²) >= 11 is 0. The number of aliphatic carboxylic acids is 1. The minimum atomic E-state index is -1.63. The van der Waals surface area contributed by atoms with Crippen LogP contribution >= 0.6 is 0 Å². The van der Waals surface area contributed by atoms with Gasteiger partial charge in [-0.3, -0.25) is 0 Å². The fraction of sp³-hybridized carbons (Fsp3) is 0.0769. The molecule has 0 aromatic heterocycles. The molecule has 0 fully saturated rings. The Kier molecular flexibility index (Phi) is 6.18. The maximum atomic E-state index is 13.0. The van der Waals surface area contributed by atoms with E-state index in [-0.39, 0.29) is 23.5 Å². The van der Waals surface area contributed by atoms with Crippen LogP contribution < -0.4 is 0 Å². The summed E-state index contributed by atoms with van der Waals surface area (Å²) in [6.45, 7) is 0. The number of fused-ring (bicyclic) bond motifs is 1. The molecule has 1 atom stereocenters. The molecule has 0 amide bonds. The Morgan fingerprint density at radius 2 is 1.31 bits per heavy atom. The summed E-state index contributed by atoms with van der Waals surface area (Å²) in [6.07, 6.45) is -1.93. The highest BCUT2D eigenvalue weighted by Crippen LogP contribution is 2.39. The monoisotopic (exact) mass is 492 g/mol. The van der Waals surface area contributed by atoms with Crippen molar-refractivity contribution in [3.63, 3.8) is 0 Å². The van der Waals surface area contributed by atoms with Crippen LogP contribution in [0.15, 0.2) is 60.7 Å². The fourth-order valence-corrected chi connectivity index (χ4v) is 3.72. The maximum Gasteiger partial charge on any atom is 0.345 e. The van der Waals surface area contributed by atoms with Crippen LogP contribution in [0.1, 0.15) is 15.9 Å². The first-order chi connectivity index (χ1) is 17.0. The summed E-state index contributed by atoms with van der Waals surface area (Å²) in [4.78, 5) is 24.8. The molecule has 4 rings (SSSR count). The number of rotatable bonds is 6. The van der Waals surface area contributed by atoms with E-state index in [1.165, 1.54) is 54.6 Å². The number of carboxylic acids is 1. The topological polar surface area (TPSA) is 185 Å². The quantitative estimate of drug-likeness (QED) is 0.155. The van der Waals surface area contributed by atoms with Crippen molar-refractivity contribution in [2.75, 3.05) is 0 Å². The van der Waals surface area contributed by atoms with Gasteiger partial charge in [-0.1, -0.05) is 12.1 Å². The van der Waals surface area contributed by atoms with Gasteiger partial charge < -0.3 is 40.5 Å². The molecule has 36 heavy (non-hydrogen) atoms. The van der Waals surface area contributed by atoms with Crippen molar-refractivity contribution in [2.45, 2.75) is 12.5 Å². The standard InChI is InChI=1S/C26H20O10/c27-18-3-1-12(5-20(18)29)6-24(25(33)34)36-26(35)15-7-14-10-22(31)23(32)11-17(14)16(8-15)13-2-4-19(28)21(30)9-13/h1-5,7-11,24,27-32H,6H2,(H,33,34). The first kappa shape index (κ1) is 24.0. The number of hydrogen-bond acceptors (Lipinski definition) is 9. The van der Waals surface area contributed by atoms with Crippen molar-refractivity contribution in [1.82, 2.24) is 0 Å². The average molecular weight is 492 g/mol. The molecule has 1 unspecified atom stereocenters. The predicted molar refractivity (Wildman–Crippen MR) is 126 cm³/mol. The highest BCUT2D eigenvalue weighted by atomic mass is 16.6. The number of esters is 1. The minimum Gasteiger partial charge on any atom is -0.504 e. The van der Waals surface area contributed by atoms with Crippen LogP contribution in [0, 0.1) is 0 Å².